The number of unbranched alkanes of at least 4 members (excludes halogenated alkanes) is 1. The van der Waals surface area contributed by atoms with Crippen molar-refractivity contribution in [1.82, 2.24) is 0 Å². The van der Waals surface area contributed by atoms with Crippen molar-refractivity contribution in [1.29, 1.82) is 0 Å². The van der Waals surface area contributed by atoms with Gasteiger partial charge in [0.05, 0.1) is 6.26 Å². The van der Waals surface area contributed by atoms with Crippen LogP contribution in [-0.2, 0) is 9.53 Å². The standard InChI is InChI=1S/C10H16O2/c1-4-7-8-9(5-2)10(11)12-6-3/h5-6H,3-4,7-8H2,1-2H3. The molecule has 0 unspecified atom stereocenters. The predicted molar refractivity (Wildman–Crippen MR) is 49.6 cm³/mol. The summed E-state index contributed by atoms with van der Waals surface area (Å²) in [4.78, 5) is 11.1. The molecule has 0 aliphatic rings. The number of carbonyl (C=O) groups excluding carboxylic acids is 1. The molecule has 0 radical (unpaired) electrons. The van der Waals surface area contributed by atoms with E-state index in [1.165, 1.54) is 0 Å². The molecule has 0 atom stereocenters. The zero-order valence-electron chi connectivity index (χ0n) is 7.80. The van der Waals surface area contributed by atoms with Gasteiger partial charge in [-0.15, -0.1) is 0 Å². The molecule has 0 aromatic carbocycles. The van der Waals surface area contributed by atoms with Gasteiger partial charge in [0.15, 0.2) is 0 Å². The normalized spacial score (nSPS) is 11.0. The minimum atomic E-state index is -0.277. The molecule has 0 amide bonds. The minimum Gasteiger partial charge on any atom is -0.432 e. The van der Waals surface area contributed by atoms with Crippen LogP contribution in [0.5, 0.6) is 0 Å². The van der Waals surface area contributed by atoms with Gasteiger partial charge >= 0.3 is 5.97 Å². The average Bonchev–Trinajstić information content (AvgIpc) is 2.06. The first-order valence-electron chi connectivity index (χ1n) is 4.23. The molecule has 0 aromatic heterocycles. The van der Waals surface area contributed by atoms with Crippen molar-refractivity contribution in [2.45, 2.75) is 33.1 Å². The number of esters is 1. The lowest BCUT2D eigenvalue weighted by Crippen LogP contribution is -2.03. The summed E-state index contributed by atoms with van der Waals surface area (Å²) in [5, 5.41) is 0. The molecular formula is C10H16O2. The molecule has 0 N–H and O–H groups in total. The second-order valence-electron chi connectivity index (χ2n) is 2.49. The minimum absolute atomic E-state index is 0.277. The van der Waals surface area contributed by atoms with Crippen molar-refractivity contribution in [2.75, 3.05) is 0 Å². The Balaban J connectivity index is 3.98. The van der Waals surface area contributed by atoms with Gasteiger partial charge in [0.25, 0.3) is 0 Å². The number of rotatable bonds is 5. The molecular weight excluding hydrogens is 152 g/mol. The zero-order chi connectivity index (χ0) is 9.40. The Labute approximate surface area is 73.9 Å². The summed E-state index contributed by atoms with van der Waals surface area (Å²) in [6, 6.07) is 0. The molecule has 2 nitrogen and oxygen atoms in total. The van der Waals surface area contributed by atoms with Crippen molar-refractivity contribution < 1.29 is 9.53 Å². The molecule has 2 heteroatoms. The van der Waals surface area contributed by atoms with Gasteiger partial charge < -0.3 is 4.74 Å². The van der Waals surface area contributed by atoms with Crippen LogP contribution in [0.15, 0.2) is 24.5 Å². The molecule has 0 fully saturated rings. The van der Waals surface area contributed by atoms with Crippen molar-refractivity contribution >= 4 is 5.97 Å². The summed E-state index contributed by atoms with van der Waals surface area (Å²) >= 11 is 0. The van der Waals surface area contributed by atoms with Gasteiger partial charge in [-0.3, -0.25) is 0 Å². The van der Waals surface area contributed by atoms with Gasteiger partial charge in [-0.05, 0) is 19.8 Å². The number of carbonyl (C=O) groups is 1. The van der Waals surface area contributed by atoms with E-state index in [-0.39, 0.29) is 5.97 Å². The van der Waals surface area contributed by atoms with Crippen molar-refractivity contribution in [3.63, 3.8) is 0 Å². The molecule has 0 heterocycles. The lowest BCUT2D eigenvalue weighted by molar-refractivity contribution is -0.133. The molecule has 0 aliphatic carbocycles. The third-order valence-electron chi connectivity index (χ3n) is 1.60. The van der Waals surface area contributed by atoms with Crippen LogP contribution in [0.2, 0.25) is 0 Å². The maximum Gasteiger partial charge on any atom is 0.338 e. The Hall–Kier alpha value is -1.05. The molecule has 0 bridgehead atoms. The van der Waals surface area contributed by atoms with Crippen LogP contribution in [-0.4, -0.2) is 5.97 Å². The van der Waals surface area contributed by atoms with E-state index in [1.54, 1.807) is 6.08 Å². The van der Waals surface area contributed by atoms with Crippen LogP contribution >= 0.6 is 0 Å². The summed E-state index contributed by atoms with van der Waals surface area (Å²) in [5.74, 6) is -0.277. The fourth-order valence-corrected chi connectivity index (χ4v) is 0.883. The van der Waals surface area contributed by atoms with Gasteiger partial charge in [0.1, 0.15) is 0 Å². The second kappa shape index (κ2) is 6.65. The summed E-state index contributed by atoms with van der Waals surface area (Å²) < 4.78 is 4.65. The Bertz CT molecular complexity index is 180. The summed E-state index contributed by atoms with van der Waals surface area (Å²) in [5.41, 5.74) is 0.733. The van der Waals surface area contributed by atoms with Crippen LogP contribution in [0.1, 0.15) is 33.1 Å². The van der Waals surface area contributed by atoms with E-state index in [2.05, 4.69) is 18.2 Å². The van der Waals surface area contributed by atoms with Crippen LogP contribution in [0.25, 0.3) is 0 Å². The summed E-state index contributed by atoms with van der Waals surface area (Å²) in [7, 11) is 0. The molecule has 0 rings (SSSR count). The third-order valence-corrected chi connectivity index (χ3v) is 1.60. The highest BCUT2D eigenvalue weighted by atomic mass is 16.5. The van der Waals surface area contributed by atoms with Gasteiger partial charge in [-0.25, -0.2) is 4.79 Å². The van der Waals surface area contributed by atoms with Crippen LogP contribution in [0, 0.1) is 0 Å². The summed E-state index contributed by atoms with van der Waals surface area (Å²) in [6.07, 6.45) is 5.85. The number of hydrogen-bond acceptors (Lipinski definition) is 2. The molecule has 12 heavy (non-hydrogen) atoms. The van der Waals surface area contributed by atoms with Gasteiger partial charge in [-0.1, -0.05) is 26.0 Å². The highest BCUT2D eigenvalue weighted by Crippen LogP contribution is 2.08. The largest absolute Gasteiger partial charge is 0.432 e. The van der Waals surface area contributed by atoms with E-state index < -0.39 is 0 Å². The van der Waals surface area contributed by atoms with E-state index >= 15 is 0 Å². The highest BCUT2D eigenvalue weighted by molar-refractivity contribution is 5.88. The number of allylic oxidation sites excluding steroid dienone is 1. The Kier molecular flexibility index (Phi) is 6.07. The molecule has 0 spiro atoms. The smallest absolute Gasteiger partial charge is 0.338 e. The lowest BCUT2D eigenvalue weighted by Gasteiger charge is -2.02. The first-order valence-corrected chi connectivity index (χ1v) is 4.23. The van der Waals surface area contributed by atoms with Crippen molar-refractivity contribution in [3.8, 4) is 0 Å². The molecule has 0 aliphatic heterocycles. The first-order chi connectivity index (χ1) is 5.76. The van der Waals surface area contributed by atoms with Gasteiger partial charge in [0.2, 0.25) is 0 Å². The number of hydrogen-bond donors (Lipinski definition) is 0. The summed E-state index contributed by atoms with van der Waals surface area (Å²) in [6.45, 7) is 7.26. The van der Waals surface area contributed by atoms with Crippen molar-refractivity contribution in [3.05, 3.63) is 24.5 Å². The molecule has 0 aromatic rings. The first kappa shape index (κ1) is 11.0. The third kappa shape index (κ3) is 3.96. The van der Waals surface area contributed by atoms with Crippen LogP contribution < -0.4 is 0 Å². The Morgan fingerprint density at radius 2 is 2.25 bits per heavy atom. The van der Waals surface area contributed by atoms with Gasteiger partial charge in [0, 0.05) is 5.57 Å². The maximum atomic E-state index is 11.1. The molecule has 68 valence electrons. The van der Waals surface area contributed by atoms with E-state index in [9.17, 15) is 4.79 Å². The van der Waals surface area contributed by atoms with Crippen LogP contribution in [0.3, 0.4) is 0 Å². The van der Waals surface area contributed by atoms with E-state index in [1.807, 2.05) is 6.92 Å². The second-order valence-corrected chi connectivity index (χ2v) is 2.49. The SMILES string of the molecule is C=COC(=O)C(=CC)CCCC. The van der Waals surface area contributed by atoms with Crippen molar-refractivity contribution in [2.24, 2.45) is 0 Å². The fourth-order valence-electron chi connectivity index (χ4n) is 0.883. The number of ether oxygens (including phenoxy) is 1. The Morgan fingerprint density at radius 1 is 1.58 bits per heavy atom. The highest BCUT2D eigenvalue weighted by Gasteiger charge is 2.06. The van der Waals surface area contributed by atoms with Crippen LogP contribution in [0.4, 0.5) is 0 Å². The zero-order valence-corrected chi connectivity index (χ0v) is 7.80. The quantitative estimate of drug-likeness (QED) is 0.358. The predicted octanol–water partition coefficient (Wildman–Crippen LogP) is 2.81. The van der Waals surface area contributed by atoms with E-state index in [0.717, 1.165) is 31.1 Å². The molecule has 0 saturated heterocycles. The molecule has 0 saturated carbocycles. The fraction of sp³-hybridized carbons (Fsp3) is 0.500. The Morgan fingerprint density at radius 3 is 2.67 bits per heavy atom. The average molecular weight is 168 g/mol. The van der Waals surface area contributed by atoms with E-state index in [0.29, 0.717) is 0 Å². The lowest BCUT2D eigenvalue weighted by atomic mass is 10.1. The topological polar surface area (TPSA) is 26.3 Å². The maximum absolute atomic E-state index is 11.1. The monoisotopic (exact) mass is 168 g/mol. The van der Waals surface area contributed by atoms with Gasteiger partial charge in [-0.2, -0.15) is 0 Å². The van der Waals surface area contributed by atoms with E-state index in [4.69, 9.17) is 0 Å².